The molecule has 0 fully saturated rings. The summed E-state index contributed by atoms with van der Waals surface area (Å²) in [6, 6.07) is 6.23. The van der Waals surface area contributed by atoms with Gasteiger partial charge in [-0.25, -0.2) is 4.79 Å². The lowest BCUT2D eigenvalue weighted by Gasteiger charge is -2.24. The van der Waals surface area contributed by atoms with Crippen LogP contribution < -0.4 is 21.7 Å². The first-order valence-corrected chi connectivity index (χ1v) is 12.3. The van der Waals surface area contributed by atoms with Crippen LogP contribution in [0.15, 0.2) is 48.5 Å². The number of carboxylic acids is 2. The third kappa shape index (κ3) is 10.2. The number of phenols is 2. The van der Waals surface area contributed by atoms with E-state index in [9.17, 15) is 39.3 Å². The van der Waals surface area contributed by atoms with E-state index in [4.69, 9.17) is 10.8 Å². The molecule has 0 spiro atoms. The largest absolute Gasteiger partial charge is 0.508 e. The summed E-state index contributed by atoms with van der Waals surface area (Å²) in [5.41, 5.74) is 7.18. The van der Waals surface area contributed by atoms with Crippen LogP contribution in [0, 0.1) is 0 Å². The van der Waals surface area contributed by atoms with Crippen molar-refractivity contribution in [3.05, 3.63) is 59.7 Å². The number of nitrogens with one attached hydrogen (secondary N) is 3. The van der Waals surface area contributed by atoms with Crippen molar-refractivity contribution in [3.63, 3.8) is 0 Å². The molecule has 3 amide bonds. The average molecular weight is 563 g/mol. The van der Waals surface area contributed by atoms with Crippen LogP contribution in [0.4, 0.5) is 0 Å². The number of nitrogens with two attached hydrogens (primary N) is 1. The minimum Gasteiger partial charge on any atom is -0.508 e. The number of aliphatic carboxylic acids is 2. The Morgan fingerprint density at radius 3 is 1.59 bits per heavy atom. The normalized spacial score (nSPS) is 13.8. The smallest absolute Gasteiger partial charge is 0.327 e. The van der Waals surface area contributed by atoms with Gasteiger partial charge in [0, 0.05) is 12.2 Å². The van der Waals surface area contributed by atoms with Crippen molar-refractivity contribution >= 4 is 42.3 Å². The summed E-state index contributed by atoms with van der Waals surface area (Å²) in [4.78, 5) is 61.3. The van der Waals surface area contributed by atoms with Gasteiger partial charge in [0.15, 0.2) is 0 Å². The van der Waals surface area contributed by atoms with Gasteiger partial charge in [0.1, 0.15) is 29.6 Å². The van der Waals surface area contributed by atoms with Crippen LogP contribution >= 0.6 is 12.6 Å². The van der Waals surface area contributed by atoms with Crippen LogP contribution in [0.2, 0.25) is 0 Å². The zero-order valence-electron chi connectivity index (χ0n) is 20.6. The minimum atomic E-state index is -1.67. The number of carboxylic acid groups (broad SMARTS) is 2. The van der Waals surface area contributed by atoms with E-state index in [2.05, 4.69) is 28.6 Å². The highest BCUT2D eigenvalue weighted by Crippen LogP contribution is 2.13. The van der Waals surface area contributed by atoms with Crippen LogP contribution in [0.1, 0.15) is 17.5 Å². The Morgan fingerprint density at radius 2 is 1.13 bits per heavy atom. The Bertz CT molecular complexity index is 1180. The molecule has 2 rings (SSSR count). The first-order chi connectivity index (χ1) is 18.4. The van der Waals surface area contributed by atoms with Gasteiger partial charge in [0.25, 0.3) is 0 Å². The van der Waals surface area contributed by atoms with E-state index in [1.165, 1.54) is 36.4 Å². The van der Waals surface area contributed by atoms with Crippen LogP contribution in [0.3, 0.4) is 0 Å². The Hall–Kier alpha value is -4.30. The molecule has 0 aliphatic heterocycles. The number of hydrogen-bond donors (Lipinski definition) is 9. The zero-order chi connectivity index (χ0) is 29.1. The van der Waals surface area contributed by atoms with Crippen molar-refractivity contribution < 1.29 is 44.4 Å². The molecule has 0 radical (unpaired) electrons. The van der Waals surface area contributed by atoms with Crippen molar-refractivity contribution in [1.82, 2.24) is 16.0 Å². The Balaban J connectivity index is 2.23. The summed E-state index contributed by atoms with van der Waals surface area (Å²) >= 11 is 3.84. The second-order valence-electron chi connectivity index (χ2n) is 8.65. The van der Waals surface area contributed by atoms with E-state index in [0.717, 1.165) is 0 Å². The fraction of sp³-hybridized carbons (Fsp3) is 0.320. The molecule has 0 saturated heterocycles. The van der Waals surface area contributed by atoms with E-state index in [1.807, 2.05) is 0 Å². The number of thiol groups is 1. The third-order valence-corrected chi connectivity index (χ3v) is 5.91. The molecular formula is C25H30N4O9S. The van der Waals surface area contributed by atoms with Crippen LogP contribution in [0.25, 0.3) is 0 Å². The zero-order valence-corrected chi connectivity index (χ0v) is 21.5. The summed E-state index contributed by atoms with van der Waals surface area (Å²) in [5, 5.41) is 44.2. The minimum absolute atomic E-state index is 0.0323. The van der Waals surface area contributed by atoms with E-state index in [0.29, 0.717) is 11.1 Å². The number of carbonyl (C=O) groups is 5. The third-order valence-electron chi connectivity index (χ3n) is 5.55. The summed E-state index contributed by atoms with van der Waals surface area (Å²) < 4.78 is 0. The number of rotatable bonds is 14. The van der Waals surface area contributed by atoms with Gasteiger partial charge in [-0.1, -0.05) is 24.3 Å². The molecule has 0 aromatic heterocycles. The highest BCUT2D eigenvalue weighted by Gasteiger charge is 2.31. The summed E-state index contributed by atoms with van der Waals surface area (Å²) in [5.74, 6) is -5.84. The molecule has 0 aliphatic carbocycles. The number of phenolic OH excluding ortho intramolecular Hbond substituents is 2. The lowest BCUT2D eigenvalue weighted by atomic mass is 10.0. The molecule has 13 nitrogen and oxygen atoms in total. The molecule has 4 atom stereocenters. The van der Waals surface area contributed by atoms with Crippen LogP contribution in [-0.2, 0) is 36.8 Å². The molecule has 39 heavy (non-hydrogen) atoms. The van der Waals surface area contributed by atoms with Crippen molar-refractivity contribution in [3.8, 4) is 11.5 Å². The Morgan fingerprint density at radius 1 is 0.692 bits per heavy atom. The Labute approximate surface area is 228 Å². The maximum absolute atomic E-state index is 13.2. The van der Waals surface area contributed by atoms with Crippen molar-refractivity contribution in [2.45, 2.75) is 43.4 Å². The van der Waals surface area contributed by atoms with Crippen molar-refractivity contribution in [2.75, 3.05) is 5.75 Å². The number of benzene rings is 2. The van der Waals surface area contributed by atoms with E-state index < -0.39 is 60.2 Å². The fourth-order valence-electron chi connectivity index (χ4n) is 3.45. The topological polar surface area (TPSA) is 228 Å². The molecule has 2 aromatic carbocycles. The van der Waals surface area contributed by atoms with Gasteiger partial charge < -0.3 is 42.1 Å². The van der Waals surface area contributed by atoms with Gasteiger partial charge in [-0.05, 0) is 41.8 Å². The fourth-order valence-corrected chi connectivity index (χ4v) is 3.70. The van der Waals surface area contributed by atoms with Gasteiger partial charge in [-0.15, -0.1) is 0 Å². The maximum atomic E-state index is 13.2. The second kappa shape index (κ2) is 14.6. The molecule has 0 bridgehead atoms. The van der Waals surface area contributed by atoms with Gasteiger partial charge in [-0.2, -0.15) is 12.6 Å². The van der Waals surface area contributed by atoms with Gasteiger partial charge >= 0.3 is 11.9 Å². The molecule has 0 saturated carbocycles. The van der Waals surface area contributed by atoms with E-state index >= 15 is 0 Å². The molecule has 0 aliphatic rings. The average Bonchev–Trinajstić information content (AvgIpc) is 2.88. The van der Waals surface area contributed by atoms with Gasteiger partial charge in [0.2, 0.25) is 17.7 Å². The SMILES string of the molecule is NC(Cc1ccc(O)cc1)C(=O)NC(Cc1ccc(O)cc1)C(=O)NC(CC(=O)O)C(=O)NC(CS)C(=O)O. The van der Waals surface area contributed by atoms with Gasteiger partial charge in [0.05, 0.1) is 12.5 Å². The lowest BCUT2D eigenvalue weighted by molar-refractivity contribution is -0.143. The molecule has 9 N–H and O–H groups in total. The van der Waals surface area contributed by atoms with Gasteiger partial charge in [-0.3, -0.25) is 19.2 Å². The van der Waals surface area contributed by atoms with Crippen molar-refractivity contribution in [2.24, 2.45) is 5.73 Å². The number of amides is 3. The molecule has 4 unspecified atom stereocenters. The summed E-state index contributed by atoms with van der Waals surface area (Å²) in [6.07, 6.45) is -0.902. The molecule has 0 heterocycles. The van der Waals surface area contributed by atoms with E-state index in [-0.39, 0.29) is 30.1 Å². The monoisotopic (exact) mass is 562 g/mol. The quantitative estimate of drug-likeness (QED) is 0.130. The number of carbonyl (C=O) groups excluding carboxylic acids is 3. The maximum Gasteiger partial charge on any atom is 0.327 e. The predicted octanol–water partition coefficient (Wildman–Crippen LogP) is -0.846. The molecular weight excluding hydrogens is 532 g/mol. The number of aromatic hydroxyl groups is 2. The Kier molecular flexibility index (Phi) is 11.6. The molecule has 2 aromatic rings. The number of hydrogen-bond acceptors (Lipinski definition) is 9. The summed E-state index contributed by atoms with van der Waals surface area (Å²) in [6.45, 7) is 0. The van der Waals surface area contributed by atoms with Crippen molar-refractivity contribution in [1.29, 1.82) is 0 Å². The highest BCUT2D eigenvalue weighted by atomic mass is 32.1. The standard InChI is InChI=1S/C25H30N4O9S/c26-17(9-13-1-5-15(30)6-2-13)22(34)27-18(10-14-3-7-16(31)8-4-14)23(35)28-19(11-21(32)33)24(36)29-20(12-39)25(37)38/h1-8,17-20,30-31,39H,9-12,26H2,(H,27,34)(H,28,35)(H,29,36)(H,32,33)(H,37,38). The first kappa shape index (κ1) is 30.9. The molecule has 14 heteroatoms. The van der Waals surface area contributed by atoms with Crippen LogP contribution in [-0.4, -0.2) is 80.0 Å². The first-order valence-electron chi connectivity index (χ1n) is 11.7. The predicted molar refractivity (Wildman–Crippen MR) is 141 cm³/mol. The molecule has 210 valence electrons. The highest BCUT2D eigenvalue weighted by molar-refractivity contribution is 7.80. The lowest BCUT2D eigenvalue weighted by Crippen LogP contribution is -2.58. The van der Waals surface area contributed by atoms with E-state index in [1.54, 1.807) is 12.1 Å². The van der Waals surface area contributed by atoms with Crippen LogP contribution in [0.5, 0.6) is 11.5 Å². The summed E-state index contributed by atoms with van der Waals surface area (Å²) in [7, 11) is 0. The second-order valence-corrected chi connectivity index (χ2v) is 9.01.